The topological polar surface area (TPSA) is 114 Å². The van der Waals surface area contributed by atoms with Gasteiger partial charge in [-0.25, -0.2) is 14.8 Å². The number of terminal acetylenes is 1. The number of anilines is 1. The van der Waals surface area contributed by atoms with Gasteiger partial charge in [0.1, 0.15) is 5.82 Å². The first-order valence-corrected chi connectivity index (χ1v) is 4.59. The van der Waals surface area contributed by atoms with Crippen LogP contribution < -0.4 is 5.32 Å². The molecule has 1 amide bonds. The fraction of sp³-hybridized carbons (Fsp3) is 0.100. The largest absolute Gasteiger partial charge is 0.476 e. The van der Waals surface area contributed by atoms with Crippen LogP contribution in [-0.2, 0) is 14.4 Å². The highest BCUT2D eigenvalue weighted by Crippen LogP contribution is 2.02. The predicted molar refractivity (Wildman–Crippen MR) is 60.7 cm³/mol. The van der Waals surface area contributed by atoms with Crippen molar-refractivity contribution in [3.05, 3.63) is 18.1 Å². The maximum Gasteiger partial charge on any atom is 0.361 e. The Kier molecular flexibility index (Phi) is 4.80. The normalized spacial score (nSPS) is 10.3. The summed E-state index contributed by atoms with van der Waals surface area (Å²) in [6.07, 6.45) is 6.59. The zero-order chi connectivity index (χ0) is 13.4. The Morgan fingerprint density at radius 2 is 2.50 bits per heavy atom. The first-order valence-electron chi connectivity index (χ1n) is 4.59. The second-order valence-corrected chi connectivity index (χ2v) is 2.75. The highest BCUT2D eigenvalue weighted by Gasteiger charge is 2.17. The molecule has 0 bridgehead atoms. The molecule has 8 nitrogen and oxygen atoms in total. The molecule has 0 aliphatic rings. The van der Waals surface area contributed by atoms with Crippen molar-refractivity contribution in [2.45, 2.75) is 0 Å². The summed E-state index contributed by atoms with van der Waals surface area (Å²) in [7, 11) is 0. The second kappa shape index (κ2) is 6.59. The molecule has 92 valence electrons. The molecule has 0 aliphatic heterocycles. The van der Waals surface area contributed by atoms with Crippen LogP contribution in [0, 0.1) is 12.3 Å². The number of oxime groups is 1. The van der Waals surface area contributed by atoms with Gasteiger partial charge >= 0.3 is 5.97 Å². The van der Waals surface area contributed by atoms with E-state index in [1.807, 2.05) is 0 Å². The minimum atomic E-state index is -1.38. The Bertz CT molecular complexity index is 521. The van der Waals surface area contributed by atoms with Gasteiger partial charge in [-0.15, -0.1) is 6.42 Å². The lowest BCUT2D eigenvalue weighted by Crippen LogP contribution is -2.19. The number of hydrogen-bond donors (Lipinski definition) is 2. The van der Waals surface area contributed by atoms with E-state index in [4.69, 9.17) is 11.5 Å². The van der Waals surface area contributed by atoms with Gasteiger partial charge in [-0.2, -0.15) is 0 Å². The maximum absolute atomic E-state index is 10.9. The molecule has 0 fully saturated rings. The van der Waals surface area contributed by atoms with Gasteiger partial charge in [0.2, 0.25) is 12.1 Å². The lowest BCUT2D eigenvalue weighted by molar-refractivity contribution is -0.129. The zero-order valence-corrected chi connectivity index (χ0v) is 9.03. The molecule has 0 atom stereocenters. The van der Waals surface area contributed by atoms with E-state index in [0.29, 0.717) is 6.41 Å². The van der Waals surface area contributed by atoms with E-state index in [1.54, 1.807) is 0 Å². The number of rotatable bonds is 6. The number of aliphatic carboxylic acids is 1. The van der Waals surface area contributed by atoms with Gasteiger partial charge in [0.25, 0.3) is 0 Å². The molecule has 2 N–H and O–H groups in total. The molecule has 1 aromatic rings. The summed E-state index contributed by atoms with van der Waals surface area (Å²) in [5, 5.41) is 14.5. The fourth-order valence-corrected chi connectivity index (χ4v) is 0.923. The van der Waals surface area contributed by atoms with E-state index in [0.717, 1.165) is 0 Å². The summed E-state index contributed by atoms with van der Waals surface area (Å²) >= 11 is 0. The van der Waals surface area contributed by atoms with Crippen LogP contribution in [0.4, 0.5) is 5.82 Å². The third kappa shape index (κ3) is 3.57. The number of nitrogens with one attached hydrogen (secondary N) is 1. The molecule has 0 aromatic carbocycles. The van der Waals surface area contributed by atoms with Crippen LogP contribution in [-0.4, -0.2) is 39.8 Å². The Morgan fingerprint density at radius 1 is 1.72 bits per heavy atom. The lowest BCUT2D eigenvalue weighted by Gasteiger charge is -2.02. The van der Waals surface area contributed by atoms with Crippen LogP contribution >= 0.6 is 0 Å². The zero-order valence-electron chi connectivity index (χ0n) is 9.03. The van der Waals surface area contributed by atoms with E-state index in [-0.39, 0.29) is 18.2 Å². The Hall–Kier alpha value is -2.95. The number of nitrogens with zero attached hydrogens (tertiary/aromatic N) is 3. The summed E-state index contributed by atoms with van der Waals surface area (Å²) < 4.78 is 0. The fourth-order valence-electron chi connectivity index (χ4n) is 0.923. The second-order valence-electron chi connectivity index (χ2n) is 2.75. The minimum absolute atomic E-state index is 0.140. The van der Waals surface area contributed by atoms with Crippen LogP contribution in [0.15, 0.2) is 17.4 Å². The number of carbonyl (C=O) groups is 2. The Morgan fingerprint density at radius 3 is 3.11 bits per heavy atom. The molecule has 0 spiro atoms. The minimum Gasteiger partial charge on any atom is -0.476 e. The molecule has 8 heteroatoms. The van der Waals surface area contributed by atoms with Crippen LogP contribution in [0.25, 0.3) is 0 Å². The van der Waals surface area contributed by atoms with Crippen molar-refractivity contribution in [1.82, 2.24) is 9.97 Å². The van der Waals surface area contributed by atoms with Crippen molar-refractivity contribution < 1.29 is 19.5 Å². The number of amides is 1. The molecule has 0 radical (unpaired) electrons. The van der Waals surface area contributed by atoms with E-state index < -0.39 is 11.7 Å². The van der Waals surface area contributed by atoms with Crippen molar-refractivity contribution in [3.8, 4) is 12.3 Å². The lowest BCUT2D eigenvalue weighted by atomic mass is 10.3. The number of carbonyl (C=O) groups excluding carboxylic acids is 1. The van der Waals surface area contributed by atoms with Crippen molar-refractivity contribution >= 4 is 23.9 Å². The molecule has 0 saturated heterocycles. The average Bonchev–Trinajstić information content (AvgIpc) is 2.35. The van der Waals surface area contributed by atoms with Crippen molar-refractivity contribution in [3.63, 3.8) is 0 Å². The summed E-state index contributed by atoms with van der Waals surface area (Å²) in [6, 6.07) is 1.39. The standard InChI is InChI=1S/C10H8N4O4/c1-2-5-18-14-8(10(16)17)9-11-4-3-7(13-9)12-6-15/h1,3-4,6H,5H2,(H,16,17)(H,11,12,13,15). The maximum atomic E-state index is 10.9. The molecule has 0 unspecified atom stereocenters. The molecule has 1 heterocycles. The third-order valence-corrected chi connectivity index (χ3v) is 1.58. The Balaban J connectivity index is 3.02. The monoisotopic (exact) mass is 248 g/mol. The van der Waals surface area contributed by atoms with Gasteiger partial charge in [-0.1, -0.05) is 11.1 Å². The predicted octanol–water partition coefficient (Wildman–Crippen LogP) is -0.517. The molecular formula is C10H8N4O4. The van der Waals surface area contributed by atoms with Gasteiger partial charge in [0, 0.05) is 6.20 Å². The molecular weight excluding hydrogens is 240 g/mol. The molecule has 1 aromatic heterocycles. The number of carboxylic acid groups (broad SMARTS) is 1. The summed E-state index contributed by atoms with van der Waals surface area (Å²) in [6.45, 7) is -0.178. The first kappa shape index (κ1) is 13.1. The van der Waals surface area contributed by atoms with Gasteiger partial charge in [0.15, 0.2) is 12.4 Å². The number of carboxylic acids is 1. The van der Waals surface area contributed by atoms with Gasteiger partial charge in [0.05, 0.1) is 0 Å². The summed E-state index contributed by atoms with van der Waals surface area (Å²) in [5.74, 6) is 0.681. The van der Waals surface area contributed by atoms with E-state index in [9.17, 15) is 9.59 Å². The molecule has 0 aliphatic carbocycles. The van der Waals surface area contributed by atoms with Gasteiger partial charge < -0.3 is 15.3 Å². The summed E-state index contributed by atoms with van der Waals surface area (Å²) in [4.78, 5) is 33.2. The van der Waals surface area contributed by atoms with Gasteiger partial charge in [-0.05, 0) is 6.07 Å². The highest BCUT2D eigenvalue weighted by atomic mass is 16.6. The summed E-state index contributed by atoms with van der Waals surface area (Å²) in [5.41, 5.74) is -0.514. The first-order chi connectivity index (χ1) is 8.69. The number of aromatic nitrogens is 2. The van der Waals surface area contributed by atoms with Crippen molar-refractivity contribution in [2.75, 3.05) is 11.9 Å². The molecule has 18 heavy (non-hydrogen) atoms. The van der Waals surface area contributed by atoms with Crippen LogP contribution in [0.2, 0.25) is 0 Å². The third-order valence-electron chi connectivity index (χ3n) is 1.58. The van der Waals surface area contributed by atoms with E-state index in [1.165, 1.54) is 12.3 Å². The highest BCUT2D eigenvalue weighted by molar-refractivity contribution is 6.41. The number of hydrogen-bond acceptors (Lipinski definition) is 6. The smallest absolute Gasteiger partial charge is 0.361 e. The van der Waals surface area contributed by atoms with Crippen molar-refractivity contribution in [1.29, 1.82) is 0 Å². The Labute approximate surface area is 102 Å². The van der Waals surface area contributed by atoms with Crippen LogP contribution in [0.5, 0.6) is 0 Å². The van der Waals surface area contributed by atoms with Gasteiger partial charge in [-0.3, -0.25) is 4.79 Å². The van der Waals surface area contributed by atoms with Crippen LogP contribution in [0.3, 0.4) is 0 Å². The molecule has 1 rings (SSSR count). The van der Waals surface area contributed by atoms with E-state index >= 15 is 0 Å². The van der Waals surface area contributed by atoms with Crippen LogP contribution in [0.1, 0.15) is 5.82 Å². The quantitative estimate of drug-likeness (QED) is 0.230. The average molecular weight is 248 g/mol. The van der Waals surface area contributed by atoms with Crippen molar-refractivity contribution in [2.24, 2.45) is 5.16 Å². The van der Waals surface area contributed by atoms with E-state index in [2.05, 4.69) is 31.2 Å². The molecule has 0 saturated carbocycles. The SMILES string of the molecule is C#CCON=C(C(=O)O)c1nccc(NC=O)n1.